The van der Waals surface area contributed by atoms with Crippen molar-refractivity contribution in [2.45, 2.75) is 18.7 Å². The maximum absolute atomic E-state index is 12.1. The van der Waals surface area contributed by atoms with Crippen LogP contribution in [0.5, 0.6) is 0 Å². The van der Waals surface area contributed by atoms with E-state index in [1.54, 1.807) is 0 Å². The highest BCUT2D eigenvalue weighted by Gasteiger charge is 2.44. The van der Waals surface area contributed by atoms with Crippen molar-refractivity contribution in [3.63, 3.8) is 0 Å². The Balaban J connectivity index is 2.40. The number of hydrogen-bond donors (Lipinski definition) is 0. The molecule has 0 N–H and O–H groups in total. The number of azide groups is 1. The quantitative estimate of drug-likeness (QED) is 0.378. The van der Waals surface area contributed by atoms with Crippen LogP contribution in [0.2, 0.25) is 0 Å². The van der Waals surface area contributed by atoms with Gasteiger partial charge in [-0.2, -0.15) is 13.2 Å². The third-order valence-electron chi connectivity index (χ3n) is 1.89. The van der Waals surface area contributed by atoms with Crippen LogP contribution in [0.3, 0.4) is 0 Å². The Morgan fingerprint density at radius 2 is 2.23 bits per heavy atom. The van der Waals surface area contributed by atoms with Crippen LogP contribution in [0, 0.1) is 5.92 Å². The van der Waals surface area contributed by atoms with Gasteiger partial charge in [0.2, 0.25) is 0 Å². The molecule has 0 saturated carbocycles. The van der Waals surface area contributed by atoms with Crippen LogP contribution in [0.1, 0.15) is 6.42 Å². The SMILES string of the molecule is [N-]=[N+]=NC[C@@H]1C[C@H](C(F)(F)F)CO1. The van der Waals surface area contributed by atoms with E-state index in [-0.39, 0.29) is 19.6 Å². The minimum absolute atomic E-state index is 0.0247. The van der Waals surface area contributed by atoms with Crippen molar-refractivity contribution < 1.29 is 17.9 Å². The fraction of sp³-hybridized carbons (Fsp3) is 1.00. The molecule has 1 saturated heterocycles. The van der Waals surface area contributed by atoms with Gasteiger partial charge in [-0.05, 0) is 12.0 Å². The first kappa shape index (κ1) is 10.1. The second-order valence-electron chi connectivity index (χ2n) is 2.84. The highest BCUT2D eigenvalue weighted by Crippen LogP contribution is 2.34. The molecule has 0 aromatic heterocycles. The van der Waals surface area contributed by atoms with E-state index in [1.807, 2.05) is 0 Å². The topological polar surface area (TPSA) is 58.0 Å². The van der Waals surface area contributed by atoms with E-state index in [0.717, 1.165) is 0 Å². The van der Waals surface area contributed by atoms with Crippen LogP contribution in [0.15, 0.2) is 5.11 Å². The van der Waals surface area contributed by atoms with E-state index in [9.17, 15) is 13.2 Å². The predicted octanol–water partition coefficient (Wildman–Crippen LogP) is 2.26. The van der Waals surface area contributed by atoms with Gasteiger partial charge in [-0.1, -0.05) is 5.11 Å². The maximum atomic E-state index is 12.1. The van der Waals surface area contributed by atoms with E-state index >= 15 is 0 Å². The zero-order valence-corrected chi connectivity index (χ0v) is 6.66. The molecule has 0 amide bonds. The average Bonchev–Trinajstić information content (AvgIpc) is 2.47. The summed E-state index contributed by atoms with van der Waals surface area (Å²) in [4.78, 5) is 2.45. The molecule has 4 nitrogen and oxygen atoms in total. The van der Waals surface area contributed by atoms with Crippen LogP contribution in [-0.2, 0) is 4.74 Å². The van der Waals surface area contributed by atoms with Gasteiger partial charge >= 0.3 is 6.18 Å². The van der Waals surface area contributed by atoms with Gasteiger partial charge in [0, 0.05) is 4.91 Å². The monoisotopic (exact) mass is 195 g/mol. The molecule has 0 aliphatic carbocycles. The maximum Gasteiger partial charge on any atom is 0.394 e. The van der Waals surface area contributed by atoms with Crippen LogP contribution in [0.4, 0.5) is 13.2 Å². The minimum atomic E-state index is -4.20. The second-order valence-corrected chi connectivity index (χ2v) is 2.84. The summed E-state index contributed by atoms with van der Waals surface area (Å²) in [6, 6.07) is 0. The van der Waals surface area contributed by atoms with E-state index in [0.29, 0.717) is 0 Å². The first-order chi connectivity index (χ1) is 6.04. The third-order valence-corrected chi connectivity index (χ3v) is 1.89. The Labute approximate surface area is 72.3 Å². The van der Waals surface area contributed by atoms with Gasteiger partial charge in [-0.15, -0.1) is 0 Å². The Morgan fingerprint density at radius 1 is 1.54 bits per heavy atom. The van der Waals surface area contributed by atoms with Gasteiger partial charge in [-0.25, -0.2) is 0 Å². The Morgan fingerprint density at radius 3 is 2.69 bits per heavy atom. The summed E-state index contributed by atoms with van der Waals surface area (Å²) in [5.41, 5.74) is 7.93. The van der Waals surface area contributed by atoms with Crippen molar-refractivity contribution in [3.8, 4) is 0 Å². The molecular weight excluding hydrogens is 187 g/mol. The van der Waals surface area contributed by atoms with Crippen molar-refractivity contribution in [2.24, 2.45) is 11.0 Å². The molecule has 7 heteroatoms. The molecule has 0 aromatic rings. The number of ether oxygens (including phenoxy) is 1. The molecule has 2 atom stereocenters. The summed E-state index contributed by atoms with van der Waals surface area (Å²) in [6.07, 6.45) is -4.89. The van der Waals surface area contributed by atoms with Gasteiger partial charge in [-0.3, -0.25) is 0 Å². The highest BCUT2D eigenvalue weighted by molar-refractivity contribution is 4.79. The second kappa shape index (κ2) is 3.85. The average molecular weight is 195 g/mol. The van der Waals surface area contributed by atoms with E-state index in [1.165, 1.54) is 0 Å². The summed E-state index contributed by atoms with van der Waals surface area (Å²) >= 11 is 0. The van der Waals surface area contributed by atoms with Crippen molar-refractivity contribution >= 4 is 0 Å². The van der Waals surface area contributed by atoms with Crippen molar-refractivity contribution in [3.05, 3.63) is 10.4 Å². The lowest BCUT2D eigenvalue weighted by molar-refractivity contribution is -0.173. The number of hydrogen-bond acceptors (Lipinski definition) is 2. The first-order valence-corrected chi connectivity index (χ1v) is 3.73. The molecule has 1 aliphatic rings. The van der Waals surface area contributed by atoms with Crippen molar-refractivity contribution in [1.82, 2.24) is 0 Å². The molecule has 0 unspecified atom stereocenters. The van der Waals surface area contributed by atoms with Gasteiger partial charge in [0.1, 0.15) is 0 Å². The summed E-state index contributed by atoms with van der Waals surface area (Å²) in [6.45, 7) is -0.349. The highest BCUT2D eigenvalue weighted by atomic mass is 19.4. The molecule has 1 rings (SSSR count). The Kier molecular flexibility index (Phi) is 3.00. The first-order valence-electron chi connectivity index (χ1n) is 3.73. The predicted molar refractivity (Wildman–Crippen MR) is 37.9 cm³/mol. The normalized spacial score (nSPS) is 28.5. The molecule has 1 heterocycles. The van der Waals surface area contributed by atoms with Crippen LogP contribution in [0.25, 0.3) is 10.4 Å². The summed E-state index contributed by atoms with van der Waals surface area (Å²) < 4.78 is 41.0. The van der Waals surface area contributed by atoms with E-state index in [4.69, 9.17) is 10.3 Å². The molecule has 74 valence electrons. The largest absolute Gasteiger partial charge is 0.394 e. The molecule has 0 bridgehead atoms. The zero-order valence-electron chi connectivity index (χ0n) is 6.66. The molecule has 0 aromatic carbocycles. The van der Waals surface area contributed by atoms with E-state index < -0.39 is 18.2 Å². The number of rotatable bonds is 2. The lowest BCUT2D eigenvalue weighted by Crippen LogP contribution is -2.23. The van der Waals surface area contributed by atoms with Gasteiger partial charge in [0.25, 0.3) is 0 Å². The summed E-state index contributed by atoms with van der Waals surface area (Å²) in [5, 5.41) is 3.16. The van der Waals surface area contributed by atoms with Gasteiger partial charge < -0.3 is 4.74 Å². The summed E-state index contributed by atoms with van der Waals surface area (Å²) in [7, 11) is 0. The zero-order chi connectivity index (χ0) is 9.90. The smallest absolute Gasteiger partial charge is 0.377 e. The minimum Gasteiger partial charge on any atom is -0.377 e. The fourth-order valence-electron chi connectivity index (χ4n) is 1.19. The Hall–Kier alpha value is -0.940. The molecule has 0 spiro atoms. The fourth-order valence-corrected chi connectivity index (χ4v) is 1.19. The Bertz CT molecular complexity index is 224. The van der Waals surface area contributed by atoms with E-state index in [2.05, 4.69) is 10.0 Å². The van der Waals surface area contributed by atoms with Crippen LogP contribution >= 0.6 is 0 Å². The molecular formula is C6H8F3N3O. The number of halogens is 3. The van der Waals surface area contributed by atoms with Crippen LogP contribution < -0.4 is 0 Å². The van der Waals surface area contributed by atoms with Crippen molar-refractivity contribution in [1.29, 1.82) is 0 Å². The molecule has 1 aliphatic heterocycles. The third kappa shape index (κ3) is 2.78. The lowest BCUT2D eigenvalue weighted by Gasteiger charge is -2.11. The van der Waals surface area contributed by atoms with Crippen molar-refractivity contribution in [2.75, 3.05) is 13.2 Å². The van der Waals surface area contributed by atoms with Gasteiger partial charge in [0.05, 0.1) is 25.2 Å². The standard InChI is InChI=1S/C6H8F3N3O/c7-6(8,9)4-1-5(13-3-4)2-11-12-10/h4-5H,1-3H2/t4-,5-/m0/s1. The summed E-state index contributed by atoms with van der Waals surface area (Å²) in [5.74, 6) is -1.41. The number of alkyl halides is 3. The number of nitrogens with zero attached hydrogens (tertiary/aromatic N) is 3. The lowest BCUT2D eigenvalue weighted by atomic mass is 10.1. The molecule has 1 fully saturated rings. The molecule has 13 heavy (non-hydrogen) atoms. The molecule has 0 radical (unpaired) electrons. The van der Waals surface area contributed by atoms with Crippen LogP contribution in [-0.4, -0.2) is 25.4 Å². The van der Waals surface area contributed by atoms with Gasteiger partial charge in [0.15, 0.2) is 0 Å².